The highest BCUT2D eigenvalue weighted by atomic mass is 32.2. The van der Waals surface area contributed by atoms with Gasteiger partial charge in [0.05, 0.1) is 10.5 Å². The lowest BCUT2D eigenvalue weighted by atomic mass is 10.0. The number of benzene rings is 3. The highest BCUT2D eigenvalue weighted by Crippen LogP contribution is 2.33. The van der Waals surface area contributed by atoms with Gasteiger partial charge in [-0.1, -0.05) is 42.5 Å². The molecule has 1 aliphatic rings. The molecule has 12 heteroatoms. The van der Waals surface area contributed by atoms with Crippen molar-refractivity contribution in [3.8, 4) is 11.4 Å². The second kappa shape index (κ2) is 12.1. The molecule has 0 spiro atoms. The van der Waals surface area contributed by atoms with Crippen molar-refractivity contribution < 1.29 is 26.4 Å². The van der Waals surface area contributed by atoms with Gasteiger partial charge in [0.15, 0.2) is 5.82 Å². The number of hydrogen-bond acceptors (Lipinski definition) is 6. The van der Waals surface area contributed by atoms with Crippen LogP contribution in [0.1, 0.15) is 29.3 Å². The van der Waals surface area contributed by atoms with Crippen LogP contribution in [0.2, 0.25) is 0 Å². The molecule has 8 nitrogen and oxygen atoms in total. The van der Waals surface area contributed by atoms with Crippen LogP contribution in [0.15, 0.2) is 83.8 Å². The van der Waals surface area contributed by atoms with Crippen LogP contribution in [0, 0.1) is 6.92 Å². The molecule has 1 saturated heterocycles. The molecule has 0 radical (unpaired) electrons. The van der Waals surface area contributed by atoms with Crippen molar-refractivity contribution in [2.75, 3.05) is 36.4 Å². The van der Waals surface area contributed by atoms with E-state index in [0.29, 0.717) is 36.7 Å². The van der Waals surface area contributed by atoms with Gasteiger partial charge in [0.25, 0.3) is 0 Å². The third-order valence-electron chi connectivity index (χ3n) is 7.21. The molecule has 1 aromatic heterocycles. The Labute approximate surface area is 248 Å². The second-order valence-electron chi connectivity index (χ2n) is 10.3. The van der Waals surface area contributed by atoms with Gasteiger partial charge in [-0.25, -0.2) is 18.4 Å². The molecule has 0 bridgehead atoms. The van der Waals surface area contributed by atoms with Gasteiger partial charge < -0.3 is 10.2 Å². The van der Waals surface area contributed by atoms with Crippen LogP contribution in [-0.2, 0) is 27.4 Å². The summed E-state index contributed by atoms with van der Waals surface area (Å²) in [5.41, 5.74) is 2.44. The largest absolute Gasteiger partial charge is 0.416 e. The number of nitrogens with zero attached hydrogens (tertiary/aromatic N) is 4. The maximum Gasteiger partial charge on any atom is 0.416 e. The van der Waals surface area contributed by atoms with E-state index in [1.807, 2.05) is 42.2 Å². The van der Waals surface area contributed by atoms with E-state index in [1.165, 1.54) is 29.4 Å². The Bertz CT molecular complexity index is 1720. The zero-order chi connectivity index (χ0) is 30.8. The van der Waals surface area contributed by atoms with Crippen molar-refractivity contribution in [3.63, 3.8) is 0 Å². The number of hydrogen-bond donors (Lipinski definition) is 1. The number of carbonyl (C=O) groups excluding carboxylic acids is 1. The van der Waals surface area contributed by atoms with E-state index in [1.54, 1.807) is 18.2 Å². The van der Waals surface area contributed by atoms with Gasteiger partial charge in [0.1, 0.15) is 5.82 Å². The molecule has 1 fully saturated rings. The molecule has 0 saturated carbocycles. The average molecular weight is 610 g/mol. The van der Waals surface area contributed by atoms with Crippen LogP contribution in [0.3, 0.4) is 0 Å². The smallest absolute Gasteiger partial charge is 0.354 e. The molecule has 1 N–H and O–H groups in total. The fraction of sp³-hybridized carbons (Fsp3) is 0.258. The number of rotatable bonds is 7. The Morgan fingerprint density at radius 3 is 2.21 bits per heavy atom. The lowest BCUT2D eigenvalue weighted by molar-refractivity contribution is -0.137. The predicted octanol–water partition coefficient (Wildman–Crippen LogP) is 5.53. The molecule has 0 atom stereocenters. The van der Waals surface area contributed by atoms with Gasteiger partial charge in [0.2, 0.25) is 15.9 Å². The molecule has 1 aliphatic heterocycles. The van der Waals surface area contributed by atoms with Crippen molar-refractivity contribution in [1.29, 1.82) is 0 Å². The van der Waals surface area contributed by atoms with E-state index in [2.05, 4.69) is 10.3 Å². The molecule has 2 heterocycles. The molecule has 224 valence electrons. The number of anilines is 2. The van der Waals surface area contributed by atoms with Gasteiger partial charge in [0, 0.05) is 62.0 Å². The molecule has 0 unspecified atom stereocenters. The summed E-state index contributed by atoms with van der Waals surface area (Å²) < 4.78 is 68.5. The van der Waals surface area contributed by atoms with Crippen LogP contribution in [-0.4, -0.2) is 54.8 Å². The standard InChI is InChI=1S/C31H30F3N5O3S/c1-21-28(19-23-7-4-3-5-8-23)30(37-29(35-21)24-9-6-10-25(20-24)31(32,33)34)38-15-17-39(18-16-38)43(41,42)27-13-11-26(12-14-27)36-22(2)40/h3-14,20H,15-19H2,1-2H3,(H,36,40). The van der Waals surface area contributed by atoms with E-state index < -0.39 is 21.8 Å². The van der Waals surface area contributed by atoms with E-state index in [-0.39, 0.29) is 35.3 Å². The Morgan fingerprint density at radius 1 is 0.907 bits per heavy atom. The van der Waals surface area contributed by atoms with Crippen molar-refractivity contribution in [2.24, 2.45) is 0 Å². The van der Waals surface area contributed by atoms with Crippen LogP contribution in [0.25, 0.3) is 11.4 Å². The number of halogens is 3. The number of alkyl halides is 3. The summed E-state index contributed by atoms with van der Waals surface area (Å²) >= 11 is 0. The highest BCUT2D eigenvalue weighted by Gasteiger charge is 2.32. The van der Waals surface area contributed by atoms with E-state index in [0.717, 1.165) is 23.3 Å². The molecular weight excluding hydrogens is 579 g/mol. The molecule has 1 amide bonds. The Morgan fingerprint density at radius 2 is 1.58 bits per heavy atom. The first-order valence-electron chi connectivity index (χ1n) is 13.6. The fourth-order valence-corrected chi connectivity index (χ4v) is 6.44. The average Bonchev–Trinajstić information content (AvgIpc) is 2.98. The topological polar surface area (TPSA) is 95.5 Å². The Kier molecular flexibility index (Phi) is 8.52. The third-order valence-corrected chi connectivity index (χ3v) is 9.13. The predicted molar refractivity (Wildman–Crippen MR) is 158 cm³/mol. The van der Waals surface area contributed by atoms with E-state index in [4.69, 9.17) is 4.98 Å². The number of amides is 1. The van der Waals surface area contributed by atoms with Crippen molar-refractivity contribution in [3.05, 3.63) is 101 Å². The first kappa shape index (κ1) is 30.2. The van der Waals surface area contributed by atoms with Gasteiger partial charge in [-0.05, 0) is 48.9 Å². The quantitative estimate of drug-likeness (QED) is 0.296. The first-order chi connectivity index (χ1) is 20.4. The number of aromatic nitrogens is 2. The van der Waals surface area contributed by atoms with Crippen LogP contribution < -0.4 is 10.2 Å². The van der Waals surface area contributed by atoms with Crippen LogP contribution >= 0.6 is 0 Å². The van der Waals surface area contributed by atoms with Gasteiger partial charge in [-0.3, -0.25) is 4.79 Å². The van der Waals surface area contributed by atoms with Crippen LogP contribution in [0.4, 0.5) is 24.7 Å². The third kappa shape index (κ3) is 6.86. The summed E-state index contributed by atoms with van der Waals surface area (Å²) in [4.78, 5) is 22.8. The molecule has 5 rings (SSSR count). The number of piperazine rings is 1. The Hall–Kier alpha value is -4.29. The summed E-state index contributed by atoms with van der Waals surface area (Å²) in [6, 6.07) is 20.6. The van der Waals surface area contributed by atoms with E-state index in [9.17, 15) is 26.4 Å². The molecule has 4 aromatic rings. The number of nitrogens with one attached hydrogen (secondary N) is 1. The van der Waals surface area contributed by atoms with E-state index >= 15 is 0 Å². The highest BCUT2D eigenvalue weighted by molar-refractivity contribution is 7.89. The van der Waals surface area contributed by atoms with Crippen molar-refractivity contribution in [2.45, 2.75) is 31.3 Å². The summed E-state index contributed by atoms with van der Waals surface area (Å²) in [6.45, 7) is 4.20. The monoisotopic (exact) mass is 609 g/mol. The summed E-state index contributed by atoms with van der Waals surface area (Å²) in [5.74, 6) is 0.486. The van der Waals surface area contributed by atoms with Crippen molar-refractivity contribution >= 4 is 27.4 Å². The van der Waals surface area contributed by atoms with Crippen molar-refractivity contribution in [1.82, 2.24) is 14.3 Å². The molecular formula is C31H30F3N5O3S. The number of carbonyl (C=O) groups is 1. The number of aryl methyl sites for hydroxylation is 1. The second-order valence-corrected chi connectivity index (χ2v) is 12.2. The maximum atomic E-state index is 13.4. The first-order valence-corrected chi connectivity index (χ1v) is 15.1. The molecule has 43 heavy (non-hydrogen) atoms. The molecule has 3 aromatic carbocycles. The van der Waals surface area contributed by atoms with Gasteiger partial charge in [-0.15, -0.1) is 0 Å². The van der Waals surface area contributed by atoms with Crippen LogP contribution in [0.5, 0.6) is 0 Å². The fourth-order valence-electron chi connectivity index (χ4n) is 5.02. The minimum atomic E-state index is -4.51. The lowest BCUT2D eigenvalue weighted by Gasteiger charge is -2.36. The minimum Gasteiger partial charge on any atom is -0.354 e. The Balaban J connectivity index is 1.44. The summed E-state index contributed by atoms with van der Waals surface area (Å²) in [6.07, 6.45) is -4.00. The lowest BCUT2D eigenvalue weighted by Crippen LogP contribution is -2.49. The van der Waals surface area contributed by atoms with Gasteiger partial charge in [-0.2, -0.15) is 17.5 Å². The molecule has 0 aliphatic carbocycles. The van der Waals surface area contributed by atoms with Gasteiger partial charge >= 0.3 is 6.18 Å². The summed E-state index contributed by atoms with van der Waals surface area (Å²) in [5, 5.41) is 2.62. The number of sulfonamides is 1. The maximum absolute atomic E-state index is 13.4. The zero-order valence-electron chi connectivity index (χ0n) is 23.6. The normalized spacial score (nSPS) is 14.5. The SMILES string of the molecule is CC(=O)Nc1ccc(S(=O)(=O)N2CCN(c3nc(-c4cccc(C(F)(F)F)c4)nc(C)c3Cc3ccccc3)CC2)cc1. The summed E-state index contributed by atoms with van der Waals surface area (Å²) in [7, 11) is -3.79. The minimum absolute atomic E-state index is 0.115. The zero-order valence-corrected chi connectivity index (χ0v) is 24.4.